The first-order valence-corrected chi connectivity index (χ1v) is 7.71. The van der Waals surface area contributed by atoms with E-state index in [1.807, 2.05) is 49.0 Å². The lowest BCUT2D eigenvalue weighted by atomic mass is 10.3. The van der Waals surface area contributed by atoms with Gasteiger partial charge in [0.05, 0.1) is 6.54 Å². The Morgan fingerprint density at radius 1 is 1.33 bits per heavy atom. The molecule has 0 radical (unpaired) electrons. The Morgan fingerprint density at radius 3 is 2.88 bits per heavy atom. The van der Waals surface area contributed by atoms with Gasteiger partial charge in [-0.3, -0.25) is 9.88 Å². The van der Waals surface area contributed by atoms with Crippen LogP contribution in [0, 0.1) is 11.3 Å². The van der Waals surface area contributed by atoms with Crippen molar-refractivity contribution in [2.24, 2.45) is 0 Å². The summed E-state index contributed by atoms with van der Waals surface area (Å²) in [6.07, 6.45) is 3.70. The van der Waals surface area contributed by atoms with E-state index in [1.165, 1.54) is 0 Å². The molecule has 0 amide bonds. The van der Waals surface area contributed by atoms with Crippen molar-refractivity contribution in [1.29, 1.82) is 5.26 Å². The van der Waals surface area contributed by atoms with Crippen LogP contribution in [0.15, 0.2) is 41.2 Å². The molecule has 0 saturated heterocycles. The van der Waals surface area contributed by atoms with Crippen LogP contribution < -0.4 is 0 Å². The molecule has 0 aliphatic carbocycles. The van der Waals surface area contributed by atoms with Crippen molar-refractivity contribution < 1.29 is 4.52 Å². The van der Waals surface area contributed by atoms with E-state index in [4.69, 9.17) is 9.78 Å². The van der Waals surface area contributed by atoms with E-state index in [9.17, 15) is 0 Å². The fourth-order valence-electron chi connectivity index (χ4n) is 2.53. The van der Waals surface area contributed by atoms with Gasteiger partial charge in [-0.05, 0) is 37.7 Å². The second-order valence-electron chi connectivity index (χ2n) is 5.53. The maximum atomic E-state index is 9.12. The van der Waals surface area contributed by atoms with Crippen LogP contribution in [0.3, 0.4) is 0 Å². The van der Waals surface area contributed by atoms with E-state index < -0.39 is 0 Å². The van der Waals surface area contributed by atoms with Gasteiger partial charge in [0.15, 0.2) is 0 Å². The van der Waals surface area contributed by atoms with Crippen LogP contribution in [0.4, 0.5) is 0 Å². The molecule has 0 saturated carbocycles. The van der Waals surface area contributed by atoms with E-state index in [-0.39, 0.29) is 0 Å². The molecule has 3 rings (SSSR count). The molecule has 0 atom stereocenters. The second-order valence-corrected chi connectivity index (χ2v) is 5.53. The smallest absolute Gasteiger partial charge is 0.241 e. The van der Waals surface area contributed by atoms with Gasteiger partial charge in [-0.1, -0.05) is 11.2 Å². The highest BCUT2D eigenvalue weighted by molar-refractivity contribution is 5.46. The zero-order valence-electron chi connectivity index (χ0n) is 13.7. The molecule has 24 heavy (non-hydrogen) atoms. The Hall–Kier alpha value is -2.98. The SMILES string of the molecule is CCn1cc(CN(C)Cc2nc(-c3ccccn3)no2)cc1C#N. The molecular weight excluding hydrogens is 304 g/mol. The molecule has 0 spiro atoms. The van der Waals surface area contributed by atoms with Gasteiger partial charge >= 0.3 is 0 Å². The van der Waals surface area contributed by atoms with Gasteiger partial charge in [-0.2, -0.15) is 10.2 Å². The zero-order chi connectivity index (χ0) is 16.9. The zero-order valence-corrected chi connectivity index (χ0v) is 13.7. The topological polar surface area (TPSA) is 83.8 Å². The van der Waals surface area contributed by atoms with E-state index in [0.29, 0.717) is 36.2 Å². The van der Waals surface area contributed by atoms with E-state index in [0.717, 1.165) is 12.1 Å². The molecule has 0 N–H and O–H groups in total. The minimum absolute atomic E-state index is 0.489. The predicted octanol–water partition coefficient (Wildman–Crippen LogP) is 2.46. The standard InChI is InChI=1S/C17H18N6O/c1-3-23-11-13(8-14(23)9-18)10-22(2)12-16-20-17(21-24-16)15-6-4-5-7-19-15/h4-8,11H,3,10,12H2,1-2H3. The Bertz CT molecular complexity index is 846. The van der Waals surface area contributed by atoms with E-state index in [2.05, 4.69) is 26.1 Å². The molecule has 0 bridgehead atoms. The van der Waals surface area contributed by atoms with Gasteiger partial charge in [-0.25, -0.2) is 0 Å². The second kappa shape index (κ2) is 7.06. The normalized spacial score (nSPS) is 10.9. The van der Waals surface area contributed by atoms with Crippen molar-refractivity contribution in [1.82, 2.24) is 24.6 Å². The molecule has 0 aliphatic heterocycles. The predicted molar refractivity (Wildman–Crippen MR) is 87.5 cm³/mol. The van der Waals surface area contributed by atoms with Gasteiger partial charge in [0.25, 0.3) is 0 Å². The number of hydrogen-bond acceptors (Lipinski definition) is 6. The van der Waals surface area contributed by atoms with Gasteiger partial charge in [-0.15, -0.1) is 0 Å². The minimum atomic E-state index is 0.489. The maximum absolute atomic E-state index is 9.12. The molecule has 3 aromatic heterocycles. The molecule has 0 fully saturated rings. The van der Waals surface area contributed by atoms with Crippen LogP contribution in [0.1, 0.15) is 24.1 Å². The summed E-state index contributed by atoms with van der Waals surface area (Å²) < 4.78 is 7.24. The van der Waals surface area contributed by atoms with Crippen LogP contribution >= 0.6 is 0 Å². The number of hydrogen-bond donors (Lipinski definition) is 0. The van der Waals surface area contributed by atoms with Crippen molar-refractivity contribution in [2.45, 2.75) is 26.6 Å². The van der Waals surface area contributed by atoms with Gasteiger partial charge < -0.3 is 9.09 Å². The maximum Gasteiger partial charge on any atom is 0.241 e. The number of rotatable bonds is 6. The number of nitrogens with zero attached hydrogens (tertiary/aromatic N) is 6. The molecule has 0 aromatic carbocycles. The third-order valence-corrected chi connectivity index (χ3v) is 3.63. The van der Waals surface area contributed by atoms with Crippen LogP contribution in [0.2, 0.25) is 0 Å². The van der Waals surface area contributed by atoms with Gasteiger partial charge in [0.2, 0.25) is 11.7 Å². The summed E-state index contributed by atoms with van der Waals surface area (Å²) in [6, 6.07) is 9.69. The molecule has 3 aromatic rings. The van der Waals surface area contributed by atoms with Gasteiger partial charge in [0, 0.05) is 25.5 Å². The number of pyridine rings is 1. The first-order valence-electron chi connectivity index (χ1n) is 7.71. The number of nitriles is 1. The lowest BCUT2D eigenvalue weighted by Crippen LogP contribution is -2.17. The lowest BCUT2D eigenvalue weighted by molar-refractivity contribution is 0.261. The Labute approximate surface area is 140 Å². The van der Waals surface area contributed by atoms with Crippen LogP contribution in [0.5, 0.6) is 0 Å². The van der Waals surface area contributed by atoms with E-state index >= 15 is 0 Å². The summed E-state index contributed by atoms with van der Waals surface area (Å²) in [5.74, 6) is 1.02. The minimum Gasteiger partial charge on any atom is -0.339 e. The number of aryl methyl sites for hydroxylation is 1. The quantitative estimate of drug-likeness (QED) is 0.693. The summed E-state index contributed by atoms with van der Waals surface area (Å²) in [6.45, 7) is 4.03. The Kier molecular flexibility index (Phi) is 4.68. The summed E-state index contributed by atoms with van der Waals surface area (Å²) in [5, 5.41) is 13.1. The van der Waals surface area contributed by atoms with Crippen LogP contribution in [-0.4, -0.2) is 31.6 Å². The fourth-order valence-corrected chi connectivity index (χ4v) is 2.53. The summed E-state index contributed by atoms with van der Waals surface area (Å²) in [5.41, 5.74) is 2.45. The molecule has 122 valence electrons. The highest BCUT2D eigenvalue weighted by Gasteiger charge is 2.13. The molecule has 0 aliphatic rings. The van der Waals surface area contributed by atoms with Crippen molar-refractivity contribution in [2.75, 3.05) is 7.05 Å². The van der Waals surface area contributed by atoms with Crippen LogP contribution in [0.25, 0.3) is 11.5 Å². The highest BCUT2D eigenvalue weighted by Crippen LogP contribution is 2.14. The third-order valence-electron chi connectivity index (χ3n) is 3.63. The summed E-state index contributed by atoms with van der Waals surface area (Å²) >= 11 is 0. The molecule has 0 unspecified atom stereocenters. The average Bonchev–Trinajstić information content (AvgIpc) is 3.22. The van der Waals surface area contributed by atoms with E-state index in [1.54, 1.807) is 6.20 Å². The first-order chi connectivity index (χ1) is 11.7. The van der Waals surface area contributed by atoms with Crippen molar-refractivity contribution in [3.05, 3.63) is 53.8 Å². The summed E-state index contributed by atoms with van der Waals surface area (Å²) in [4.78, 5) is 10.6. The Morgan fingerprint density at radius 2 is 2.21 bits per heavy atom. The Balaban J connectivity index is 1.65. The van der Waals surface area contributed by atoms with Crippen molar-refractivity contribution >= 4 is 0 Å². The summed E-state index contributed by atoms with van der Waals surface area (Å²) in [7, 11) is 1.97. The monoisotopic (exact) mass is 322 g/mol. The average molecular weight is 322 g/mol. The molecule has 7 heteroatoms. The fraction of sp³-hybridized carbons (Fsp3) is 0.294. The van der Waals surface area contributed by atoms with Crippen molar-refractivity contribution in [3.63, 3.8) is 0 Å². The van der Waals surface area contributed by atoms with Crippen LogP contribution in [-0.2, 0) is 19.6 Å². The highest BCUT2D eigenvalue weighted by atomic mass is 16.5. The molecule has 3 heterocycles. The largest absolute Gasteiger partial charge is 0.339 e. The lowest BCUT2D eigenvalue weighted by Gasteiger charge is -2.12. The third kappa shape index (κ3) is 3.50. The molecular formula is C17H18N6O. The van der Waals surface area contributed by atoms with Crippen molar-refractivity contribution in [3.8, 4) is 17.6 Å². The molecule has 7 nitrogen and oxygen atoms in total. The van der Waals surface area contributed by atoms with Gasteiger partial charge in [0.1, 0.15) is 17.5 Å². The number of aromatic nitrogens is 4. The first kappa shape index (κ1) is 15.9.